The van der Waals surface area contributed by atoms with Gasteiger partial charge in [0.05, 0.1) is 5.69 Å². The first kappa shape index (κ1) is 19.8. The first-order valence-corrected chi connectivity index (χ1v) is 9.79. The van der Waals surface area contributed by atoms with Gasteiger partial charge in [-0.3, -0.25) is 9.67 Å². The third-order valence-electron chi connectivity index (χ3n) is 5.02. The standard InChI is InChI=1S/C19H36N6/c1-16-15-18(3)25(23-16)14-8-11-22-19(20-4)21-10-7-13-24-12-6-5-9-17(24)2/h15,17H,5-14H2,1-4H3,(H2,20,21,22). The van der Waals surface area contributed by atoms with Crippen molar-refractivity contribution in [2.75, 3.05) is 33.2 Å². The molecular formula is C19H36N6. The van der Waals surface area contributed by atoms with Crippen LogP contribution in [0.2, 0.25) is 0 Å². The Balaban J connectivity index is 1.56. The molecule has 0 spiro atoms. The first-order valence-electron chi connectivity index (χ1n) is 9.79. The fraction of sp³-hybridized carbons (Fsp3) is 0.789. The van der Waals surface area contributed by atoms with Crippen LogP contribution in [0, 0.1) is 13.8 Å². The summed E-state index contributed by atoms with van der Waals surface area (Å²) >= 11 is 0. The van der Waals surface area contributed by atoms with Gasteiger partial charge < -0.3 is 15.5 Å². The molecule has 2 heterocycles. The minimum absolute atomic E-state index is 0.751. The number of nitrogens with zero attached hydrogens (tertiary/aromatic N) is 4. The third-order valence-corrected chi connectivity index (χ3v) is 5.02. The number of piperidine rings is 1. The number of rotatable bonds is 8. The highest BCUT2D eigenvalue weighted by Crippen LogP contribution is 2.15. The molecule has 1 unspecified atom stereocenters. The van der Waals surface area contributed by atoms with Crippen molar-refractivity contribution in [3.63, 3.8) is 0 Å². The number of guanidine groups is 1. The fourth-order valence-corrected chi connectivity index (χ4v) is 3.54. The Kier molecular flexibility index (Phi) is 8.25. The van der Waals surface area contributed by atoms with Crippen LogP contribution in [0.15, 0.2) is 11.1 Å². The molecule has 1 atom stereocenters. The van der Waals surface area contributed by atoms with Crippen LogP contribution < -0.4 is 10.6 Å². The van der Waals surface area contributed by atoms with Gasteiger partial charge in [0, 0.05) is 45.0 Å². The van der Waals surface area contributed by atoms with Crippen LogP contribution in [0.4, 0.5) is 0 Å². The molecule has 2 N–H and O–H groups in total. The van der Waals surface area contributed by atoms with E-state index in [4.69, 9.17) is 0 Å². The Morgan fingerprint density at radius 1 is 1.20 bits per heavy atom. The van der Waals surface area contributed by atoms with Crippen molar-refractivity contribution in [3.05, 3.63) is 17.5 Å². The predicted octanol–water partition coefficient (Wildman–Crippen LogP) is 2.32. The number of hydrogen-bond acceptors (Lipinski definition) is 3. The van der Waals surface area contributed by atoms with Crippen LogP contribution in [0.3, 0.4) is 0 Å². The monoisotopic (exact) mass is 348 g/mol. The van der Waals surface area contributed by atoms with E-state index in [1.807, 2.05) is 14.0 Å². The number of aromatic nitrogens is 2. The zero-order chi connectivity index (χ0) is 18.1. The van der Waals surface area contributed by atoms with E-state index in [9.17, 15) is 0 Å². The molecule has 1 aromatic heterocycles. The Labute approximate surface area is 153 Å². The van der Waals surface area contributed by atoms with Crippen molar-refractivity contribution < 1.29 is 0 Å². The molecule has 1 fully saturated rings. The maximum atomic E-state index is 4.50. The first-order chi connectivity index (χ1) is 12.1. The third kappa shape index (κ3) is 6.69. The summed E-state index contributed by atoms with van der Waals surface area (Å²) in [5, 5.41) is 11.3. The molecule has 1 saturated heterocycles. The maximum Gasteiger partial charge on any atom is 0.190 e. The number of nitrogens with one attached hydrogen (secondary N) is 2. The lowest BCUT2D eigenvalue weighted by molar-refractivity contribution is 0.159. The van der Waals surface area contributed by atoms with Gasteiger partial charge in [0.25, 0.3) is 0 Å². The molecule has 1 aliphatic rings. The van der Waals surface area contributed by atoms with Gasteiger partial charge in [-0.15, -0.1) is 0 Å². The molecule has 2 rings (SSSR count). The van der Waals surface area contributed by atoms with E-state index < -0.39 is 0 Å². The van der Waals surface area contributed by atoms with E-state index in [0.717, 1.165) is 50.2 Å². The summed E-state index contributed by atoms with van der Waals surface area (Å²) in [4.78, 5) is 6.93. The summed E-state index contributed by atoms with van der Waals surface area (Å²) < 4.78 is 2.08. The van der Waals surface area contributed by atoms with Gasteiger partial charge in [0.1, 0.15) is 0 Å². The molecule has 0 radical (unpaired) electrons. The minimum atomic E-state index is 0.751. The van der Waals surface area contributed by atoms with E-state index in [0.29, 0.717) is 0 Å². The summed E-state index contributed by atoms with van der Waals surface area (Å²) in [5.41, 5.74) is 2.32. The number of aliphatic imine (C=N–C) groups is 1. The molecular weight excluding hydrogens is 312 g/mol. The van der Waals surface area contributed by atoms with E-state index in [-0.39, 0.29) is 0 Å². The molecule has 6 nitrogen and oxygen atoms in total. The SMILES string of the molecule is CN=C(NCCCN1CCCCC1C)NCCCn1nc(C)cc1C. The smallest absolute Gasteiger partial charge is 0.190 e. The molecule has 0 aliphatic carbocycles. The van der Waals surface area contributed by atoms with Crippen LogP contribution in [0.5, 0.6) is 0 Å². The van der Waals surface area contributed by atoms with Crippen molar-refractivity contribution in [2.45, 2.75) is 65.5 Å². The Bertz CT molecular complexity index is 536. The zero-order valence-corrected chi connectivity index (χ0v) is 16.5. The lowest BCUT2D eigenvalue weighted by atomic mass is 10.0. The van der Waals surface area contributed by atoms with Crippen LogP contribution in [-0.4, -0.2) is 59.9 Å². The van der Waals surface area contributed by atoms with Gasteiger partial charge >= 0.3 is 0 Å². The fourth-order valence-electron chi connectivity index (χ4n) is 3.54. The van der Waals surface area contributed by atoms with Gasteiger partial charge in [-0.2, -0.15) is 5.10 Å². The molecule has 142 valence electrons. The van der Waals surface area contributed by atoms with Crippen LogP contribution in [0.25, 0.3) is 0 Å². The summed E-state index contributed by atoms with van der Waals surface area (Å²) in [7, 11) is 1.84. The molecule has 0 aromatic carbocycles. The highest BCUT2D eigenvalue weighted by Gasteiger charge is 2.17. The second kappa shape index (κ2) is 10.4. The summed E-state index contributed by atoms with van der Waals surface area (Å²) in [6, 6.07) is 2.87. The van der Waals surface area contributed by atoms with E-state index in [1.165, 1.54) is 38.0 Å². The van der Waals surface area contributed by atoms with Gasteiger partial charge in [-0.05, 0) is 59.1 Å². The Morgan fingerprint density at radius 3 is 2.52 bits per heavy atom. The summed E-state index contributed by atoms with van der Waals surface area (Å²) in [6.45, 7) is 11.8. The predicted molar refractivity (Wildman–Crippen MR) is 105 cm³/mol. The second-order valence-corrected chi connectivity index (χ2v) is 7.16. The van der Waals surface area contributed by atoms with Gasteiger partial charge in [-0.1, -0.05) is 6.42 Å². The summed E-state index contributed by atoms with van der Waals surface area (Å²) in [5.74, 6) is 0.903. The highest BCUT2D eigenvalue weighted by molar-refractivity contribution is 5.79. The summed E-state index contributed by atoms with van der Waals surface area (Å²) in [6.07, 6.45) is 6.30. The lowest BCUT2D eigenvalue weighted by Crippen LogP contribution is -2.41. The van der Waals surface area contributed by atoms with E-state index >= 15 is 0 Å². The van der Waals surface area contributed by atoms with Crippen LogP contribution in [0.1, 0.15) is 50.4 Å². The zero-order valence-electron chi connectivity index (χ0n) is 16.5. The van der Waals surface area contributed by atoms with Crippen LogP contribution >= 0.6 is 0 Å². The molecule has 0 amide bonds. The van der Waals surface area contributed by atoms with Gasteiger partial charge in [0.2, 0.25) is 0 Å². The van der Waals surface area contributed by atoms with Gasteiger partial charge in [-0.25, -0.2) is 0 Å². The number of aryl methyl sites for hydroxylation is 3. The quantitative estimate of drug-likeness (QED) is 0.430. The molecule has 1 aliphatic heterocycles. The van der Waals surface area contributed by atoms with E-state index in [1.54, 1.807) is 0 Å². The minimum Gasteiger partial charge on any atom is -0.356 e. The molecule has 1 aromatic rings. The Morgan fingerprint density at radius 2 is 1.92 bits per heavy atom. The molecule has 0 bridgehead atoms. The lowest BCUT2D eigenvalue weighted by Gasteiger charge is -2.33. The average Bonchev–Trinajstić information content (AvgIpc) is 2.92. The largest absolute Gasteiger partial charge is 0.356 e. The Hall–Kier alpha value is -1.56. The van der Waals surface area contributed by atoms with Crippen molar-refractivity contribution >= 4 is 5.96 Å². The topological polar surface area (TPSA) is 57.5 Å². The van der Waals surface area contributed by atoms with Crippen molar-refractivity contribution in [2.24, 2.45) is 4.99 Å². The van der Waals surface area contributed by atoms with Crippen molar-refractivity contribution in [1.82, 2.24) is 25.3 Å². The number of hydrogen-bond donors (Lipinski definition) is 2. The molecule has 25 heavy (non-hydrogen) atoms. The normalized spacial score (nSPS) is 19.2. The molecule has 0 saturated carbocycles. The molecule has 6 heteroatoms. The van der Waals surface area contributed by atoms with Crippen molar-refractivity contribution in [1.29, 1.82) is 0 Å². The highest BCUT2D eigenvalue weighted by atomic mass is 15.3. The maximum absolute atomic E-state index is 4.50. The van der Waals surface area contributed by atoms with Crippen molar-refractivity contribution in [3.8, 4) is 0 Å². The van der Waals surface area contributed by atoms with E-state index in [2.05, 4.69) is 50.2 Å². The van der Waals surface area contributed by atoms with Gasteiger partial charge in [0.15, 0.2) is 5.96 Å². The average molecular weight is 349 g/mol. The number of likely N-dealkylation sites (tertiary alicyclic amines) is 1. The second-order valence-electron chi connectivity index (χ2n) is 7.16. The van der Waals surface area contributed by atoms with Crippen LogP contribution in [-0.2, 0) is 6.54 Å².